The van der Waals surface area contributed by atoms with E-state index in [4.69, 9.17) is 10.5 Å². The van der Waals surface area contributed by atoms with Crippen molar-refractivity contribution in [2.45, 2.75) is 64.5 Å². The fourth-order valence-corrected chi connectivity index (χ4v) is 3.72. The molecule has 2 aliphatic rings. The van der Waals surface area contributed by atoms with Crippen molar-refractivity contribution in [1.29, 1.82) is 0 Å². The number of rotatable bonds is 2. The number of hydrogen-bond donors (Lipinski definition) is 2. The molecular formula is C18H26N2O2. The van der Waals surface area contributed by atoms with Crippen molar-refractivity contribution < 1.29 is 9.53 Å². The van der Waals surface area contributed by atoms with Gasteiger partial charge in [0.1, 0.15) is 11.4 Å². The van der Waals surface area contributed by atoms with Gasteiger partial charge in [-0.1, -0.05) is 19.8 Å². The van der Waals surface area contributed by atoms with E-state index in [0.717, 1.165) is 43.4 Å². The molecule has 1 unspecified atom stereocenters. The van der Waals surface area contributed by atoms with Crippen LogP contribution in [0.25, 0.3) is 0 Å². The van der Waals surface area contributed by atoms with Gasteiger partial charge in [-0.25, -0.2) is 0 Å². The Kier molecular flexibility index (Phi) is 3.58. The first-order valence-electron chi connectivity index (χ1n) is 8.19. The molecule has 0 radical (unpaired) electrons. The number of nitrogens with one attached hydrogen (secondary N) is 1. The van der Waals surface area contributed by atoms with E-state index in [0.29, 0.717) is 5.69 Å². The molecule has 1 amide bonds. The van der Waals surface area contributed by atoms with Crippen molar-refractivity contribution >= 4 is 11.6 Å². The Labute approximate surface area is 132 Å². The van der Waals surface area contributed by atoms with Crippen LogP contribution in [0.4, 0.5) is 5.69 Å². The van der Waals surface area contributed by atoms with Crippen molar-refractivity contribution in [3.63, 3.8) is 0 Å². The lowest BCUT2D eigenvalue weighted by atomic mass is 9.85. The second-order valence-electron chi connectivity index (χ2n) is 7.66. The largest absolute Gasteiger partial charge is 0.487 e. The minimum absolute atomic E-state index is 0.0350. The number of benzene rings is 1. The van der Waals surface area contributed by atoms with Crippen LogP contribution < -0.4 is 15.8 Å². The van der Waals surface area contributed by atoms with E-state index in [9.17, 15) is 4.79 Å². The number of hydrogen-bond acceptors (Lipinski definition) is 3. The average molecular weight is 302 g/mol. The Morgan fingerprint density at radius 2 is 1.95 bits per heavy atom. The molecule has 120 valence electrons. The molecule has 0 aromatic heterocycles. The molecule has 1 atom stereocenters. The molecule has 1 saturated carbocycles. The number of nitrogens with two attached hydrogens (primary N) is 1. The number of nitrogen functional groups attached to an aromatic ring is 1. The highest BCUT2D eigenvalue weighted by molar-refractivity contribution is 5.83. The molecular weight excluding hydrogens is 276 g/mol. The number of ether oxygens (including phenoxy) is 1. The molecule has 3 N–H and O–H groups in total. The third-order valence-corrected chi connectivity index (χ3v) is 5.05. The van der Waals surface area contributed by atoms with E-state index in [-0.39, 0.29) is 23.0 Å². The van der Waals surface area contributed by atoms with Crippen LogP contribution in [0.2, 0.25) is 0 Å². The zero-order chi connectivity index (χ0) is 16.0. The third-order valence-electron chi connectivity index (χ3n) is 5.05. The second kappa shape index (κ2) is 5.18. The molecule has 1 aromatic rings. The zero-order valence-electron chi connectivity index (χ0n) is 13.7. The average Bonchev–Trinajstić information content (AvgIpc) is 2.87. The van der Waals surface area contributed by atoms with Crippen LogP contribution in [-0.2, 0) is 4.79 Å². The van der Waals surface area contributed by atoms with Gasteiger partial charge in [-0.15, -0.1) is 0 Å². The monoisotopic (exact) mass is 302 g/mol. The highest BCUT2D eigenvalue weighted by Crippen LogP contribution is 2.42. The SMILES string of the molecule is CC1(C)CC(NC(=O)C2(C)CCCC2)c2cc(N)ccc2O1. The maximum absolute atomic E-state index is 12.8. The second-order valence-corrected chi connectivity index (χ2v) is 7.66. The van der Waals surface area contributed by atoms with Gasteiger partial charge in [-0.05, 0) is 44.9 Å². The number of amides is 1. The summed E-state index contributed by atoms with van der Waals surface area (Å²) >= 11 is 0. The van der Waals surface area contributed by atoms with Gasteiger partial charge in [-0.2, -0.15) is 0 Å². The molecule has 0 spiro atoms. The summed E-state index contributed by atoms with van der Waals surface area (Å²) in [5.74, 6) is 0.994. The molecule has 0 bridgehead atoms. The summed E-state index contributed by atoms with van der Waals surface area (Å²) in [6.45, 7) is 6.20. The lowest BCUT2D eigenvalue weighted by Gasteiger charge is -2.39. The normalized spacial score (nSPS) is 25.1. The molecule has 4 nitrogen and oxygen atoms in total. The summed E-state index contributed by atoms with van der Waals surface area (Å²) in [5.41, 5.74) is 7.11. The Morgan fingerprint density at radius 1 is 1.27 bits per heavy atom. The van der Waals surface area contributed by atoms with Crippen LogP contribution in [0.1, 0.15) is 64.5 Å². The lowest BCUT2D eigenvalue weighted by Crippen LogP contribution is -2.45. The fourth-order valence-electron chi connectivity index (χ4n) is 3.72. The smallest absolute Gasteiger partial charge is 0.226 e. The van der Waals surface area contributed by atoms with Crippen molar-refractivity contribution in [2.24, 2.45) is 5.41 Å². The van der Waals surface area contributed by atoms with E-state index >= 15 is 0 Å². The highest BCUT2D eigenvalue weighted by Gasteiger charge is 2.40. The lowest BCUT2D eigenvalue weighted by molar-refractivity contribution is -0.131. The number of carbonyl (C=O) groups excluding carboxylic acids is 1. The molecule has 1 heterocycles. The fraction of sp³-hybridized carbons (Fsp3) is 0.611. The first kappa shape index (κ1) is 15.2. The van der Waals surface area contributed by atoms with Gasteiger partial charge in [0.15, 0.2) is 0 Å². The minimum Gasteiger partial charge on any atom is -0.487 e. The van der Waals surface area contributed by atoms with E-state index in [1.807, 2.05) is 18.2 Å². The Bertz CT molecular complexity index is 589. The van der Waals surface area contributed by atoms with Crippen molar-refractivity contribution in [2.75, 3.05) is 5.73 Å². The number of fused-ring (bicyclic) bond motifs is 1. The number of anilines is 1. The van der Waals surface area contributed by atoms with Crippen LogP contribution in [0.15, 0.2) is 18.2 Å². The summed E-state index contributed by atoms with van der Waals surface area (Å²) < 4.78 is 6.03. The van der Waals surface area contributed by atoms with E-state index in [1.165, 1.54) is 0 Å². The van der Waals surface area contributed by atoms with Crippen molar-refractivity contribution in [3.8, 4) is 5.75 Å². The first-order valence-corrected chi connectivity index (χ1v) is 8.19. The topological polar surface area (TPSA) is 64.4 Å². The van der Waals surface area contributed by atoms with Gasteiger partial charge >= 0.3 is 0 Å². The molecule has 0 saturated heterocycles. The van der Waals surface area contributed by atoms with Gasteiger partial charge in [0, 0.05) is 23.1 Å². The molecule has 1 aliphatic carbocycles. The Balaban J connectivity index is 1.87. The molecule has 1 aliphatic heterocycles. The summed E-state index contributed by atoms with van der Waals surface area (Å²) in [7, 11) is 0. The minimum atomic E-state index is -0.294. The zero-order valence-corrected chi connectivity index (χ0v) is 13.7. The molecule has 22 heavy (non-hydrogen) atoms. The Morgan fingerprint density at radius 3 is 2.64 bits per heavy atom. The van der Waals surface area contributed by atoms with Gasteiger partial charge in [0.05, 0.1) is 6.04 Å². The molecule has 1 aromatic carbocycles. The van der Waals surface area contributed by atoms with Gasteiger partial charge < -0.3 is 15.8 Å². The molecule has 3 rings (SSSR count). The van der Waals surface area contributed by atoms with E-state index in [2.05, 4.69) is 26.1 Å². The summed E-state index contributed by atoms with van der Waals surface area (Å²) in [6.07, 6.45) is 5.01. The standard InChI is InChI=1S/C18H26N2O2/c1-17(2)11-14(13-10-12(19)6-7-15(13)22-17)20-16(21)18(3)8-4-5-9-18/h6-7,10,14H,4-5,8-9,11,19H2,1-3H3,(H,20,21). The van der Waals surface area contributed by atoms with Crippen LogP contribution >= 0.6 is 0 Å². The predicted molar refractivity (Wildman–Crippen MR) is 87.6 cm³/mol. The number of carbonyl (C=O) groups is 1. The quantitative estimate of drug-likeness (QED) is 0.821. The molecule has 4 heteroatoms. The Hall–Kier alpha value is -1.71. The van der Waals surface area contributed by atoms with Gasteiger partial charge in [0.25, 0.3) is 0 Å². The van der Waals surface area contributed by atoms with E-state index in [1.54, 1.807) is 0 Å². The summed E-state index contributed by atoms with van der Waals surface area (Å²) in [6, 6.07) is 5.64. The maximum Gasteiger partial charge on any atom is 0.226 e. The van der Waals surface area contributed by atoms with Crippen molar-refractivity contribution in [3.05, 3.63) is 23.8 Å². The predicted octanol–water partition coefficient (Wildman–Crippen LogP) is 3.57. The first-order chi connectivity index (χ1) is 10.3. The summed E-state index contributed by atoms with van der Waals surface area (Å²) in [4.78, 5) is 12.8. The molecule has 1 fully saturated rings. The van der Waals surface area contributed by atoms with Crippen LogP contribution in [0, 0.1) is 5.41 Å². The summed E-state index contributed by atoms with van der Waals surface area (Å²) in [5, 5.41) is 3.27. The third kappa shape index (κ3) is 2.79. The highest BCUT2D eigenvalue weighted by atomic mass is 16.5. The van der Waals surface area contributed by atoms with Crippen LogP contribution in [0.5, 0.6) is 5.75 Å². The maximum atomic E-state index is 12.8. The van der Waals surface area contributed by atoms with E-state index < -0.39 is 0 Å². The van der Waals surface area contributed by atoms with Gasteiger partial charge in [-0.3, -0.25) is 4.79 Å². The van der Waals surface area contributed by atoms with Crippen LogP contribution in [-0.4, -0.2) is 11.5 Å². The van der Waals surface area contributed by atoms with Gasteiger partial charge in [0.2, 0.25) is 5.91 Å². The van der Waals surface area contributed by atoms with Crippen molar-refractivity contribution in [1.82, 2.24) is 5.32 Å². The van der Waals surface area contributed by atoms with Crippen LogP contribution in [0.3, 0.4) is 0 Å².